The third kappa shape index (κ3) is 3.83. The lowest BCUT2D eigenvalue weighted by Gasteiger charge is -2.09. The van der Waals surface area contributed by atoms with Gasteiger partial charge in [0.1, 0.15) is 4.90 Å². The Labute approximate surface area is 118 Å². The molecule has 4 nitrogen and oxygen atoms in total. The van der Waals surface area contributed by atoms with Gasteiger partial charge in [-0.05, 0) is 12.1 Å². The van der Waals surface area contributed by atoms with Crippen LogP contribution in [0.5, 0.6) is 0 Å². The summed E-state index contributed by atoms with van der Waals surface area (Å²) in [7, 11) is -3.80. The first-order chi connectivity index (χ1) is 7.88. The molecule has 92 valence electrons. The molecular formula is C9H7BrCl2N2O2S. The van der Waals surface area contributed by atoms with Gasteiger partial charge in [-0.15, -0.1) is 0 Å². The lowest BCUT2D eigenvalue weighted by molar-refractivity contribution is 0.582. The van der Waals surface area contributed by atoms with E-state index in [1.54, 1.807) is 0 Å². The van der Waals surface area contributed by atoms with Gasteiger partial charge in [0.05, 0.1) is 16.1 Å². The number of hydrogen-bond donors (Lipinski definition) is 1. The van der Waals surface area contributed by atoms with E-state index in [1.165, 1.54) is 12.1 Å². The van der Waals surface area contributed by atoms with Crippen molar-refractivity contribution in [3.8, 4) is 6.07 Å². The van der Waals surface area contributed by atoms with Crippen LogP contribution in [0.3, 0.4) is 0 Å². The maximum Gasteiger partial charge on any atom is 0.243 e. The highest BCUT2D eigenvalue weighted by Crippen LogP contribution is 2.32. The molecule has 1 N–H and O–H groups in total. The minimum Gasteiger partial charge on any atom is -0.210 e. The first kappa shape index (κ1) is 14.7. The van der Waals surface area contributed by atoms with Crippen LogP contribution >= 0.6 is 39.1 Å². The molecule has 8 heteroatoms. The van der Waals surface area contributed by atoms with E-state index in [2.05, 4.69) is 20.7 Å². The maximum absolute atomic E-state index is 11.9. The summed E-state index contributed by atoms with van der Waals surface area (Å²) in [4.78, 5) is -0.179. The molecule has 0 saturated carbocycles. The van der Waals surface area contributed by atoms with E-state index in [9.17, 15) is 8.42 Å². The second-order valence-corrected chi connectivity index (χ2v) is 6.44. The molecule has 0 fully saturated rings. The van der Waals surface area contributed by atoms with Crippen molar-refractivity contribution in [3.05, 3.63) is 26.7 Å². The van der Waals surface area contributed by atoms with Gasteiger partial charge in [0.25, 0.3) is 0 Å². The molecule has 0 aliphatic carbocycles. The summed E-state index contributed by atoms with van der Waals surface area (Å²) in [5, 5.41) is 8.38. The molecule has 0 atom stereocenters. The van der Waals surface area contributed by atoms with E-state index in [0.717, 1.165) is 0 Å². The van der Waals surface area contributed by atoms with Crippen molar-refractivity contribution in [1.29, 1.82) is 5.26 Å². The fraction of sp³-hybridized carbons (Fsp3) is 0.222. The summed E-state index contributed by atoms with van der Waals surface area (Å²) >= 11 is 14.8. The van der Waals surface area contributed by atoms with Crippen molar-refractivity contribution in [2.45, 2.75) is 11.3 Å². The Hall–Kier alpha value is -0.320. The van der Waals surface area contributed by atoms with Gasteiger partial charge >= 0.3 is 0 Å². The number of sulfonamides is 1. The van der Waals surface area contributed by atoms with Crippen LogP contribution < -0.4 is 4.72 Å². The number of hydrogen-bond acceptors (Lipinski definition) is 3. The second-order valence-electron chi connectivity index (χ2n) is 3.00. The molecule has 0 aromatic heterocycles. The normalized spacial score (nSPS) is 11.2. The van der Waals surface area contributed by atoms with Crippen molar-refractivity contribution in [2.75, 3.05) is 6.54 Å². The summed E-state index contributed by atoms with van der Waals surface area (Å²) in [5.41, 5.74) is 0. The van der Waals surface area contributed by atoms with Gasteiger partial charge in [-0.2, -0.15) is 5.26 Å². The molecule has 1 aromatic carbocycles. The molecule has 0 heterocycles. The molecule has 0 amide bonds. The molecule has 0 unspecified atom stereocenters. The van der Waals surface area contributed by atoms with Crippen molar-refractivity contribution >= 4 is 49.2 Å². The summed E-state index contributed by atoms with van der Waals surface area (Å²) in [6.07, 6.45) is 0.0744. The average molecular weight is 358 g/mol. The number of rotatable bonds is 4. The molecular weight excluding hydrogens is 351 g/mol. The zero-order chi connectivity index (χ0) is 13.1. The molecule has 1 aromatic rings. The first-order valence-electron chi connectivity index (χ1n) is 4.39. The molecule has 0 aliphatic heterocycles. The van der Waals surface area contributed by atoms with Crippen molar-refractivity contribution in [2.24, 2.45) is 0 Å². The zero-order valence-corrected chi connectivity index (χ0v) is 12.3. The Morgan fingerprint density at radius 3 is 2.35 bits per heavy atom. The van der Waals surface area contributed by atoms with E-state index >= 15 is 0 Å². The van der Waals surface area contributed by atoms with Gasteiger partial charge in [-0.25, -0.2) is 13.1 Å². The predicted octanol–water partition coefficient (Wildman–Crippen LogP) is 2.95. The van der Waals surface area contributed by atoms with Crippen molar-refractivity contribution in [3.63, 3.8) is 0 Å². The van der Waals surface area contributed by atoms with Gasteiger partial charge in [0.2, 0.25) is 10.0 Å². The van der Waals surface area contributed by atoms with Crippen LogP contribution in [-0.2, 0) is 10.0 Å². The van der Waals surface area contributed by atoms with Gasteiger partial charge in [0.15, 0.2) is 0 Å². The standard InChI is InChI=1S/C9H7BrCl2N2O2S/c10-6-4-7(11)9(8(12)5-6)17(15,16)14-3-1-2-13/h4-5,14H,1,3H2. The summed E-state index contributed by atoms with van der Waals surface area (Å²) < 4.78 is 26.5. The van der Waals surface area contributed by atoms with Gasteiger partial charge in [-0.1, -0.05) is 39.1 Å². The Kier molecular flexibility index (Phi) is 5.22. The van der Waals surface area contributed by atoms with Crippen LogP contribution in [0, 0.1) is 11.3 Å². The zero-order valence-electron chi connectivity index (χ0n) is 8.37. The first-order valence-corrected chi connectivity index (χ1v) is 7.43. The van der Waals surface area contributed by atoms with Gasteiger partial charge in [0, 0.05) is 17.4 Å². The molecule has 0 saturated heterocycles. The number of nitriles is 1. The minimum absolute atomic E-state index is 0.0154. The van der Waals surface area contributed by atoms with Crippen LogP contribution in [0.1, 0.15) is 6.42 Å². The molecule has 0 aliphatic rings. The SMILES string of the molecule is N#CCCNS(=O)(=O)c1c(Cl)cc(Br)cc1Cl. The highest BCUT2D eigenvalue weighted by Gasteiger charge is 2.21. The summed E-state index contributed by atoms with van der Waals surface area (Å²) in [5.74, 6) is 0. The molecule has 0 bridgehead atoms. The largest absolute Gasteiger partial charge is 0.243 e. The Bertz CT molecular complexity index is 546. The third-order valence-corrected chi connectivity index (χ3v) is 4.60. The van der Waals surface area contributed by atoms with Crippen molar-refractivity contribution < 1.29 is 8.42 Å². The second kappa shape index (κ2) is 6.03. The number of benzene rings is 1. The fourth-order valence-electron chi connectivity index (χ4n) is 1.10. The summed E-state index contributed by atoms with van der Waals surface area (Å²) in [6, 6.07) is 4.70. The van der Waals surface area contributed by atoms with E-state index in [4.69, 9.17) is 28.5 Å². The number of halogens is 3. The molecule has 17 heavy (non-hydrogen) atoms. The van der Waals surface area contributed by atoms with E-state index in [0.29, 0.717) is 4.47 Å². The average Bonchev–Trinajstić information content (AvgIpc) is 2.15. The number of nitrogens with zero attached hydrogens (tertiary/aromatic N) is 1. The topological polar surface area (TPSA) is 70.0 Å². The van der Waals surface area contributed by atoms with Crippen LogP contribution in [0.15, 0.2) is 21.5 Å². The van der Waals surface area contributed by atoms with Crippen molar-refractivity contribution in [1.82, 2.24) is 4.72 Å². The van der Waals surface area contributed by atoms with E-state index in [1.807, 2.05) is 6.07 Å². The third-order valence-electron chi connectivity index (χ3n) is 1.76. The monoisotopic (exact) mass is 356 g/mol. The minimum atomic E-state index is -3.80. The Balaban J connectivity index is 3.12. The Morgan fingerprint density at radius 2 is 1.88 bits per heavy atom. The van der Waals surface area contributed by atoms with Gasteiger partial charge < -0.3 is 0 Å². The summed E-state index contributed by atoms with van der Waals surface area (Å²) in [6.45, 7) is 0.0154. The highest BCUT2D eigenvalue weighted by atomic mass is 79.9. The molecule has 0 spiro atoms. The maximum atomic E-state index is 11.9. The lowest BCUT2D eigenvalue weighted by atomic mass is 10.4. The van der Waals surface area contributed by atoms with Gasteiger partial charge in [-0.3, -0.25) is 0 Å². The quantitative estimate of drug-likeness (QED) is 0.842. The molecule has 1 rings (SSSR count). The Morgan fingerprint density at radius 1 is 1.35 bits per heavy atom. The predicted molar refractivity (Wildman–Crippen MR) is 69.6 cm³/mol. The van der Waals surface area contributed by atoms with Crippen LogP contribution in [0.25, 0.3) is 0 Å². The number of nitrogens with one attached hydrogen (secondary N) is 1. The van der Waals surface area contributed by atoms with Crippen LogP contribution in [0.2, 0.25) is 10.0 Å². The van der Waals surface area contributed by atoms with E-state index in [-0.39, 0.29) is 27.9 Å². The lowest BCUT2D eigenvalue weighted by Crippen LogP contribution is -2.25. The fourth-order valence-corrected chi connectivity index (χ4v) is 4.06. The van der Waals surface area contributed by atoms with E-state index < -0.39 is 10.0 Å². The molecule has 0 radical (unpaired) electrons. The van der Waals surface area contributed by atoms with Crippen LogP contribution in [0.4, 0.5) is 0 Å². The smallest absolute Gasteiger partial charge is 0.210 e. The highest BCUT2D eigenvalue weighted by molar-refractivity contribution is 9.10. The van der Waals surface area contributed by atoms with Crippen LogP contribution in [-0.4, -0.2) is 15.0 Å².